The minimum atomic E-state index is 0.983. The number of imidazole rings is 1. The molecule has 1 heterocycles. The first-order valence-electron chi connectivity index (χ1n) is 6.29. The van der Waals surface area contributed by atoms with Gasteiger partial charge < -0.3 is 20.1 Å². The summed E-state index contributed by atoms with van der Waals surface area (Å²) in [5.74, 6) is 1.02. The molecule has 0 fully saturated rings. The van der Waals surface area contributed by atoms with E-state index in [9.17, 15) is 0 Å². The Morgan fingerprint density at radius 1 is 1.29 bits per heavy atom. The van der Waals surface area contributed by atoms with Crippen molar-refractivity contribution in [1.82, 2.24) is 20.2 Å². The van der Waals surface area contributed by atoms with Crippen LogP contribution < -0.4 is 15.5 Å². The molecule has 0 radical (unpaired) electrons. The predicted octanol–water partition coefficient (Wildman–Crippen LogP) is 0.446. The monoisotopic (exact) mass is 239 g/mol. The summed E-state index contributed by atoms with van der Waals surface area (Å²) < 4.78 is 2.03. The molecule has 0 spiro atoms. The Labute approximate surface area is 104 Å². The van der Waals surface area contributed by atoms with Crippen LogP contribution in [0.15, 0.2) is 12.4 Å². The Balaban J connectivity index is 2.05. The van der Waals surface area contributed by atoms with E-state index in [1.165, 1.54) is 12.8 Å². The summed E-state index contributed by atoms with van der Waals surface area (Å²) in [7, 11) is 6.09. The van der Waals surface area contributed by atoms with E-state index in [4.69, 9.17) is 0 Å². The molecule has 0 amide bonds. The van der Waals surface area contributed by atoms with E-state index in [2.05, 4.69) is 27.6 Å². The number of rotatable bonds is 9. The number of nitrogens with zero attached hydrogens (tertiary/aromatic N) is 3. The third-order valence-electron chi connectivity index (χ3n) is 2.79. The Bertz CT molecular complexity index is 297. The maximum atomic E-state index is 4.31. The molecule has 0 saturated heterocycles. The molecule has 0 aliphatic heterocycles. The highest BCUT2D eigenvalue weighted by molar-refractivity contribution is 5.28. The molecular weight excluding hydrogens is 214 g/mol. The zero-order chi connectivity index (χ0) is 12.5. The molecule has 0 unspecified atom stereocenters. The number of hydrogen-bond acceptors (Lipinski definition) is 4. The Morgan fingerprint density at radius 2 is 2.06 bits per heavy atom. The van der Waals surface area contributed by atoms with Crippen LogP contribution in [0.2, 0.25) is 0 Å². The van der Waals surface area contributed by atoms with Gasteiger partial charge in [-0.15, -0.1) is 0 Å². The van der Waals surface area contributed by atoms with Gasteiger partial charge in [0.05, 0.1) is 0 Å². The van der Waals surface area contributed by atoms with E-state index < -0.39 is 0 Å². The van der Waals surface area contributed by atoms with Gasteiger partial charge >= 0.3 is 0 Å². The van der Waals surface area contributed by atoms with Gasteiger partial charge in [-0.3, -0.25) is 0 Å². The summed E-state index contributed by atoms with van der Waals surface area (Å²) in [5, 5.41) is 6.60. The average molecular weight is 239 g/mol. The number of aryl methyl sites for hydroxylation is 1. The standard InChI is InChI=1S/C12H25N5/c1-13-6-4-5-7-14-8-10-16(2)12-15-9-11-17(12)3/h9,11,13-14H,4-8,10H2,1-3H3. The first-order chi connectivity index (χ1) is 8.25. The van der Waals surface area contributed by atoms with Crippen LogP contribution in [0.25, 0.3) is 0 Å². The first-order valence-corrected chi connectivity index (χ1v) is 6.29. The second kappa shape index (κ2) is 8.08. The molecule has 5 nitrogen and oxygen atoms in total. The molecule has 0 atom stereocenters. The molecule has 1 aromatic heterocycles. The molecule has 98 valence electrons. The Morgan fingerprint density at radius 3 is 2.71 bits per heavy atom. The molecule has 17 heavy (non-hydrogen) atoms. The van der Waals surface area contributed by atoms with Gasteiger partial charge in [0, 0.05) is 39.6 Å². The normalized spacial score (nSPS) is 10.8. The van der Waals surface area contributed by atoms with Crippen molar-refractivity contribution in [2.24, 2.45) is 7.05 Å². The third-order valence-corrected chi connectivity index (χ3v) is 2.79. The zero-order valence-electron chi connectivity index (χ0n) is 11.2. The fourth-order valence-corrected chi connectivity index (χ4v) is 1.75. The average Bonchev–Trinajstić information content (AvgIpc) is 2.74. The number of anilines is 1. The third kappa shape index (κ3) is 5.19. The molecule has 0 saturated carbocycles. The molecule has 1 aromatic rings. The van der Waals surface area contributed by atoms with Crippen molar-refractivity contribution in [2.75, 3.05) is 45.2 Å². The van der Waals surface area contributed by atoms with Crippen LogP contribution in [0, 0.1) is 0 Å². The summed E-state index contributed by atoms with van der Waals surface area (Å²) >= 11 is 0. The quantitative estimate of drug-likeness (QED) is 0.614. The molecule has 2 N–H and O–H groups in total. The van der Waals surface area contributed by atoms with Crippen LogP contribution in [0.5, 0.6) is 0 Å². The van der Waals surface area contributed by atoms with E-state index >= 15 is 0 Å². The lowest BCUT2D eigenvalue weighted by molar-refractivity contribution is 0.602. The largest absolute Gasteiger partial charge is 0.344 e. The van der Waals surface area contributed by atoms with Crippen LogP contribution in [-0.4, -0.2) is 49.8 Å². The number of unbranched alkanes of at least 4 members (excludes halogenated alkanes) is 1. The van der Waals surface area contributed by atoms with Gasteiger partial charge in [0.2, 0.25) is 5.95 Å². The van der Waals surface area contributed by atoms with Gasteiger partial charge in [-0.2, -0.15) is 0 Å². The van der Waals surface area contributed by atoms with Gasteiger partial charge in [0.25, 0.3) is 0 Å². The van der Waals surface area contributed by atoms with Gasteiger partial charge in [0.1, 0.15) is 0 Å². The van der Waals surface area contributed by atoms with Crippen LogP contribution in [0.4, 0.5) is 5.95 Å². The Hall–Kier alpha value is -1.07. The van der Waals surface area contributed by atoms with Crippen molar-refractivity contribution in [1.29, 1.82) is 0 Å². The highest BCUT2D eigenvalue weighted by Gasteiger charge is 2.04. The minimum absolute atomic E-state index is 0.983. The SMILES string of the molecule is CNCCCCNCCN(C)c1nccn1C. The molecule has 0 aromatic carbocycles. The van der Waals surface area contributed by atoms with Crippen LogP contribution in [-0.2, 0) is 7.05 Å². The van der Waals surface area contributed by atoms with Crippen molar-refractivity contribution < 1.29 is 0 Å². The molecule has 5 heteroatoms. The number of nitrogens with one attached hydrogen (secondary N) is 2. The van der Waals surface area contributed by atoms with Crippen molar-refractivity contribution in [3.05, 3.63) is 12.4 Å². The zero-order valence-corrected chi connectivity index (χ0v) is 11.2. The number of aromatic nitrogens is 2. The van der Waals surface area contributed by atoms with Crippen molar-refractivity contribution in [2.45, 2.75) is 12.8 Å². The smallest absolute Gasteiger partial charge is 0.204 e. The second-order valence-corrected chi connectivity index (χ2v) is 4.32. The van der Waals surface area contributed by atoms with E-state index in [1.807, 2.05) is 31.1 Å². The molecular formula is C12H25N5. The van der Waals surface area contributed by atoms with Crippen molar-refractivity contribution >= 4 is 5.95 Å². The van der Waals surface area contributed by atoms with Gasteiger partial charge in [-0.05, 0) is 33.0 Å². The first kappa shape index (κ1) is 14.0. The van der Waals surface area contributed by atoms with Crippen molar-refractivity contribution in [3.8, 4) is 0 Å². The molecule has 0 bridgehead atoms. The fourth-order valence-electron chi connectivity index (χ4n) is 1.75. The highest BCUT2D eigenvalue weighted by atomic mass is 15.3. The summed E-state index contributed by atoms with van der Waals surface area (Å²) in [6.07, 6.45) is 6.26. The van der Waals surface area contributed by atoms with E-state index in [-0.39, 0.29) is 0 Å². The maximum Gasteiger partial charge on any atom is 0.204 e. The molecule has 0 aliphatic rings. The van der Waals surface area contributed by atoms with Crippen LogP contribution in [0.1, 0.15) is 12.8 Å². The topological polar surface area (TPSA) is 45.1 Å². The summed E-state index contributed by atoms with van der Waals surface area (Å²) in [5.41, 5.74) is 0. The van der Waals surface area contributed by atoms with E-state index in [1.54, 1.807) is 0 Å². The maximum absolute atomic E-state index is 4.31. The summed E-state index contributed by atoms with van der Waals surface area (Å²) in [6.45, 7) is 4.19. The molecule has 1 rings (SSSR count). The number of hydrogen-bond donors (Lipinski definition) is 2. The summed E-state index contributed by atoms with van der Waals surface area (Å²) in [4.78, 5) is 6.48. The second-order valence-electron chi connectivity index (χ2n) is 4.32. The number of likely N-dealkylation sites (N-methyl/N-ethyl adjacent to an activating group) is 1. The fraction of sp³-hybridized carbons (Fsp3) is 0.750. The minimum Gasteiger partial charge on any atom is -0.344 e. The van der Waals surface area contributed by atoms with E-state index in [0.29, 0.717) is 0 Å². The predicted molar refractivity (Wildman–Crippen MR) is 72.5 cm³/mol. The Kier molecular flexibility index (Phi) is 6.65. The lowest BCUT2D eigenvalue weighted by Crippen LogP contribution is -2.31. The van der Waals surface area contributed by atoms with Gasteiger partial charge in [0.15, 0.2) is 0 Å². The van der Waals surface area contributed by atoms with Crippen LogP contribution >= 0.6 is 0 Å². The van der Waals surface area contributed by atoms with Gasteiger partial charge in [-0.25, -0.2) is 4.98 Å². The van der Waals surface area contributed by atoms with Gasteiger partial charge in [-0.1, -0.05) is 0 Å². The van der Waals surface area contributed by atoms with Crippen molar-refractivity contribution in [3.63, 3.8) is 0 Å². The lowest BCUT2D eigenvalue weighted by Gasteiger charge is -2.18. The lowest BCUT2D eigenvalue weighted by atomic mass is 10.3. The van der Waals surface area contributed by atoms with Crippen LogP contribution in [0.3, 0.4) is 0 Å². The highest BCUT2D eigenvalue weighted by Crippen LogP contribution is 2.05. The summed E-state index contributed by atoms with van der Waals surface area (Å²) in [6, 6.07) is 0. The molecule has 0 aliphatic carbocycles. The van der Waals surface area contributed by atoms with E-state index in [0.717, 1.165) is 32.1 Å².